The molecule has 1 aliphatic heterocycles. The van der Waals surface area contributed by atoms with Crippen molar-refractivity contribution in [2.75, 3.05) is 13.2 Å². The van der Waals surface area contributed by atoms with Crippen LogP contribution in [0, 0.1) is 5.92 Å². The summed E-state index contributed by atoms with van der Waals surface area (Å²) in [6.07, 6.45) is 4.72. The molecule has 0 atom stereocenters. The Morgan fingerprint density at radius 2 is 2.12 bits per heavy atom. The van der Waals surface area contributed by atoms with E-state index in [1.165, 1.54) is 0 Å². The highest BCUT2D eigenvalue weighted by molar-refractivity contribution is 5.40. The Morgan fingerprint density at radius 3 is 2.94 bits per heavy atom. The van der Waals surface area contributed by atoms with Crippen LogP contribution in [0.15, 0.2) is 18.3 Å². The van der Waals surface area contributed by atoms with Crippen molar-refractivity contribution in [2.45, 2.75) is 19.3 Å². The van der Waals surface area contributed by atoms with Crippen LogP contribution >= 0.6 is 0 Å². The van der Waals surface area contributed by atoms with E-state index < -0.39 is 0 Å². The molecule has 0 unspecified atom stereocenters. The maximum Gasteiger partial charge on any atom is 0.161 e. The molecule has 2 aromatic heterocycles. The molecule has 0 saturated carbocycles. The van der Waals surface area contributed by atoms with Crippen molar-refractivity contribution >= 4 is 5.65 Å². The Bertz CT molecular complexity index is 517. The van der Waals surface area contributed by atoms with Crippen molar-refractivity contribution in [1.29, 1.82) is 0 Å². The summed E-state index contributed by atoms with van der Waals surface area (Å²) in [7, 11) is 0. The Labute approximate surface area is 99.0 Å². The molecule has 0 bridgehead atoms. The fraction of sp³-hybridized carbons (Fsp3) is 0.500. The van der Waals surface area contributed by atoms with Gasteiger partial charge in [-0.3, -0.25) is 4.40 Å². The third-order valence-electron chi connectivity index (χ3n) is 3.27. The Hall–Kier alpha value is -1.62. The van der Waals surface area contributed by atoms with Crippen LogP contribution in [0.2, 0.25) is 0 Å². The lowest BCUT2D eigenvalue weighted by Crippen LogP contribution is -2.18. The smallest absolute Gasteiger partial charge is 0.161 e. The quantitative estimate of drug-likeness (QED) is 0.851. The lowest BCUT2D eigenvalue weighted by Gasteiger charge is -2.20. The summed E-state index contributed by atoms with van der Waals surface area (Å²) in [6.45, 7) is 1.68. The van der Waals surface area contributed by atoms with Gasteiger partial charge in [-0.15, -0.1) is 10.2 Å². The topological polar surface area (TPSA) is 59.7 Å². The van der Waals surface area contributed by atoms with Crippen molar-refractivity contribution in [3.63, 3.8) is 0 Å². The van der Waals surface area contributed by atoms with Gasteiger partial charge in [0.1, 0.15) is 11.6 Å². The molecule has 3 rings (SSSR count). The van der Waals surface area contributed by atoms with E-state index in [1.54, 1.807) is 18.3 Å². The van der Waals surface area contributed by atoms with Gasteiger partial charge in [-0.25, -0.2) is 0 Å². The van der Waals surface area contributed by atoms with Gasteiger partial charge in [0.05, 0.1) is 6.20 Å². The van der Waals surface area contributed by atoms with Crippen LogP contribution in [0.25, 0.3) is 5.65 Å². The van der Waals surface area contributed by atoms with Gasteiger partial charge in [0.15, 0.2) is 5.65 Å². The standard InChI is InChI=1S/C12H15N3O2/c16-10-1-2-11-13-14-12(15(11)8-10)7-9-3-5-17-6-4-9/h1-2,8-9,16H,3-7H2. The van der Waals surface area contributed by atoms with E-state index in [1.807, 2.05) is 4.40 Å². The highest BCUT2D eigenvalue weighted by Gasteiger charge is 2.17. The van der Waals surface area contributed by atoms with Gasteiger partial charge in [0.25, 0.3) is 0 Å². The summed E-state index contributed by atoms with van der Waals surface area (Å²) < 4.78 is 7.21. The molecule has 0 aromatic carbocycles. The minimum absolute atomic E-state index is 0.241. The second-order valence-corrected chi connectivity index (χ2v) is 4.49. The molecule has 3 heterocycles. The summed E-state index contributed by atoms with van der Waals surface area (Å²) in [5.41, 5.74) is 0.782. The first-order valence-corrected chi connectivity index (χ1v) is 5.93. The van der Waals surface area contributed by atoms with E-state index in [0.29, 0.717) is 5.92 Å². The zero-order valence-corrected chi connectivity index (χ0v) is 9.54. The van der Waals surface area contributed by atoms with Crippen molar-refractivity contribution in [1.82, 2.24) is 14.6 Å². The molecule has 5 nitrogen and oxygen atoms in total. The van der Waals surface area contributed by atoms with Crippen molar-refractivity contribution < 1.29 is 9.84 Å². The molecule has 2 aromatic rings. The van der Waals surface area contributed by atoms with Crippen LogP contribution in [-0.2, 0) is 11.2 Å². The third kappa shape index (κ3) is 2.10. The van der Waals surface area contributed by atoms with Crippen molar-refractivity contribution in [3.8, 4) is 5.75 Å². The van der Waals surface area contributed by atoms with Gasteiger partial charge >= 0.3 is 0 Å². The SMILES string of the molecule is Oc1ccc2nnc(CC3CCOCC3)n2c1. The van der Waals surface area contributed by atoms with Crippen molar-refractivity contribution in [2.24, 2.45) is 5.92 Å². The fourth-order valence-corrected chi connectivity index (χ4v) is 2.27. The second-order valence-electron chi connectivity index (χ2n) is 4.49. The van der Waals surface area contributed by atoms with Crippen LogP contribution in [0.5, 0.6) is 5.75 Å². The maximum absolute atomic E-state index is 9.48. The Kier molecular flexibility index (Phi) is 2.68. The first-order chi connectivity index (χ1) is 8.33. The van der Waals surface area contributed by atoms with Gasteiger partial charge in [-0.05, 0) is 30.9 Å². The summed E-state index contributed by atoms with van der Waals surface area (Å²) in [5, 5.41) is 17.8. The Morgan fingerprint density at radius 1 is 1.29 bits per heavy atom. The number of aromatic hydroxyl groups is 1. The van der Waals surface area contributed by atoms with Crippen LogP contribution in [0.1, 0.15) is 18.7 Å². The molecular weight excluding hydrogens is 218 g/mol. The average Bonchev–Trinajstić information content (AvgIpc) is 2.73. The van der Waals surface area contributed by atoms with E-state index in [9.17, 15) is 5.11 Å². The van der Waals surface area contributed by atoms with Gasteiger partial charge < -0.3 is 9.84 Å². The van der Waals surface area contributed by atoms with Gasteiger partial charge in [0, 0.05) is 19.6 Å². The number of nitrogens with zero attached hydrogens (tertiary/aromatic N) is 3. The largest absolute Gasteiger partial charge is 0.506 e. The van der Waals surface area contributed by atoms with E-state index in [4.69, 9.17) is 4.74 Å². The van der Waals surface area contributed by atoms with Gasteiger partial charge in [-0.2, -0.15) is 0 Å². The molecular formula is C12H15N3O2. The van der Waals surface area contributed by atoms with Gasteiger partial charge in [0.2, 0.25) is 0 Å². The molecule has 1 fully saturated rings. The van der Waals surface area contributed by atoms with E-state index >= 15 is 0 Å². The molecule has 90 valence electrons. The number of aromatic nitrogens is 3. The normalized spacial score (nSPS) is 17.6. The molecule has 0 aliphatic carbocycles. The highest BCUT2D eigenvalue weighted by Crippen LogP contribution is 2.20. The number of hydrogen-bond donors (Lipinski definition) is 1. The molecule has 1 aliphatic rings. The minimum Gasteiger partial charge on any atom is -0.506 e. The van der Waals surface area contributed by atoms with Crippen LogP contribution in [0.4, 0.5) is 0 Å². The zero-order chi connectivity index (χ0) is 11.7. The molecule has 1 N–H and O–H groups in total. The summed E-state index contributed by atoms with van der Waals surface area (Å²) in [4.78, 5) is 0. The van der Waals surface area contributed by atoms with Crippen LogP contribution in [0.3, 0.4) is 0 Å². The van der Waals surface area contributed by atoms with Crippen LogP contribution < -0.4 is 0 Å². The molecule has 17 heavy (non-hydrogen) atoms. The average molecular weight is 233 g/mol. The summed E-state index contributed by atoms with van der Waals surface area (Å²) in [6, 6.07) is 3.40. The predicted octanol–water partition coefficient (Wildman–Crippen LogP) is 1.40. The molecule has 0 amide bonds. The predicted molar refractivity (Wildman–Crippen MR) is 61.9 cm³/mol. The second kappa shape index (κ2) is 4.33. The zero-order valence-electron chi connectivity index (χ0n) is 9.54. The van der Waals surface area contributed by atoms with E-state index in [2.05, 4.69) is 10.2 Å². The fourth-order valence-electron chi connectivity index (χ4n) is 2.27. The first kappa shape index (κ1) is 10.5. The number of hydrogen-bond acceptors (Lipinski definition) is 4. The monoisotopic (exact) mass is 233 g/mol. The highest BCUT2D eigenvalue weighted by atomic mass is 16.5. The molecule has 5 heteroatoms. The minimum atomic E-state index is 0.241. The van der Waals surface area contributed by atoms with E-state index in [-0.39, 0.29) is 5.75 Å². The number of fused-ring (bicyclic) bond motifs is 1. The summed E-state index contributed by atoms with van der Waals surface area (Å²) >= 11 is 0. The number of ether oxygens (including phenoxy) is 1. The number of pyridine rings is 1. The lowest BCUT2D eigenvalue weighted by molar-refractivity contribution is 0.0659. The van der Waals surface area contributed by atoms with Crippen LogP contribution in [-0.4, -0.2) is 32.9 Å². The number of rotatable bonds is 2. The van der Waals surface area contributed by atoms with Gasteiger partial charge in [-0.1, -0.05) is 0 Å². The summed E-state index contributed by atoms with van der Waals surface area (Å²) in [5.74, 6) is 1.77. The molecule has 1 saturated heterocycles. The maximum atomic E-state index is 9.48. The lowest BCUT2D eigenvalue weighted by atomic mass is 9.96. The molecule has 0 radical (unpaired) electrons. The van der Waals surface area contributed by atoms with E-state index in [0.717, 1.165) is 43.9 Å². The third-order valence-corrected chi connectivity index (χ3v) is 3.27. The Balaban J connectivity index is 1.86. The first-order valence-electron chi connectivity index (χ1n) is 5.93. The van der Waals surface area contributed by atoms with Crippen molar-refractivity contribution in [3.05, 3.63) is 24.2 Å². The molecule has 0 spiro atoms.